The zero-order chi connectivity index (χ0) is 14.9. The lowest BCUT2D eigenvalue weighted by atomic mass is 10.1. The van der Waals surface area contributed by atoms with Gasteiger partial charge in [-0.2, -0.15) is 0 Å². The molecule has 0 aromatic heterocycles. The average Bonchev–Trinajstić information content (AvgIpc) is 3.31. The zero-order valence-corrected chi connectivity index (χ0v) is 15.9. The summed E-state index contributed by atoms with van der Waals surface area (Å²) in [6.07, 6.45) is 3.72. The number of hydrogen-bond acceptors (Lipinski definition) is 2. The van der Waals surface area contributed by atoms with Crippen molar-refractivity contribution in [3.8, 4) is 0 Å². The van der Waals surface area contributed by atoms with E-state index in [0.717, 1.165) is 44.6 Å². The van der Waals surface area contributed by atoms with Crippen LogP contribution in [0.1, 0.15) is 30.4 Å². The summed E-state index contributed by atoms with van der Waals surface area (Å²) < 4.78 is 5.62. The average molecular weight is 417 g/mol. The van der Waals surface area contributed by atoms with Crippen LogP contribution in [0.2, 0.25) is 0 Å². The Morgan fingerprint density at radius 2 is 2.05 bits per heavy atom. The summed E-state index contributed by atoms with van der Waals surface area (Å²) in [7, 11) is 1.80. The van der Waals surface area contributed by atoms with Crippen LogP contribution >= 0.6 is 24.0 Å². The number of hydrogen-bond donors (Lipinski definition) is 2. The van der Waals surface area contributed by atoms with Gasteiger partial charge in [0, 0.05) is 33.4 Å². The second-order valence-corrected chi connectivity index (χ2v) is 5.65. The molecule has 0 spiro atoms. The first-order valence-corrected chi connectivity index (χ1v) is 7.86. The second kappa shape index (κ2) is 10.8. The Kier molecular flexibility index (Phi) is 9.47. The maximum absolute atomic E-state index is 5.62. The maximum atomic E-state index is 5.62. The first kappa shape index (κ1) is 19.2. The van der Waals surface area contributed by atoms with Crippen molar-refractivity contribution >= 4 is 29.9 Å². The molecule has 124 valence electrons. The smallest absolute Gasteiger partial charge is 0.191 e. The quantitative estimate of drug-likeness (QED) is 0.296. The van der Waals surface area contributed by atoms with Gasteiger partial charge in [-0.3, -0.25) is 4.99 Å². The normalized spacial score (nSPS) is 14.4. The lowest BCUT2D eigenvalue weighted by Crippen LogP contribution is -2.37. The molecule has 2 N–H and O–H groups in total. The Morgan fingerprint density at radius 3 is 2.73 bits per heavy atom. The maximum Gasteiger partial charge on any atom is 0.191 e. The highest BCUT2D eigenvalue weighted by Crippen LogP contribution is 2.28. The van der Waals surface area contributed by atoms with Crippen molar-refractivity contribution in [1.82, 2.24) is 10.6 Å². The largest absolute Gasteiger partial charge is 0.381 e. The number of ether oxygens (including phenoxy) is 1. The molecule has 1 saturated carbocycles. The van der Waals surface area contributed by atoms with Gasteiger partial charge >= 0.3 is 0 Å². The van der Waals surface area contributed by atoms with E-state index in [0.29, 0.717) is 0 Å². The Balaban J connectivity index is 0.00000242. The Bertz CT molecular complexity index is 461. The summed E-state index contributed by atoms with van der Waals surface area (Å²) in [4.78, 5) is 4.24. The van der Waals surface area contributed by atoms with Gasteiger partial charge in [0.2, 0.25) is 0 Å². The number of guanidine groups is 1. The third-order valence-electron chi connectivity index (χ3n) is 3.74. The number of aryl methyl sites for hydroxylation is 1. The number of nitrogens with zero attached hydrogens (tertiary/aromatic N) is 1. The summed E-state index contributed by atoms with van der Waals surface area (Å²) in [5.41, 5.74) is 2.60. The van der Waals surface area contributed by atoms with Crippen LogP contribution in [0.25, 0.3) is 0 Å². The van der Waals surface area contributed by atoms with Gasteiger partial charge in [0.1, 0.15) is 0 Å². The molecule has 0 bridgehead atoms. The Morgan fingerprint density at radius 1 is 1.27 bits per heavy atom. The van der Waals surface area contributed by atoms with Crippen LogP contribution in [-0.2, 0) is 11.3 Å². The molecule has 1 aliphatic carbocycles. The van der Waals surface area contributed by atoms with Gasteiger partial charge in [0.15, 0.2) is 5.96 Å². The number of aliphatic imine (C=N–C) groups is 1. The first-order valence-electron chi connectivity index (χ1n) is 7.86. The van der Waals surface area contributed by atoms with E-state index in [-0.39, 0.29) is 24.0 Å². The van der Waals surface area contributed by atoms with Crippen LogP contribution < -0.4 is 10.6 Å². The van der Waals surface area contributed by atoms with E-state index in [1.165, 1.54) is 24.0 Å². The molecule has 1 aromatic rings. The van der Waals surface area contributed by atoms with Gasteiger partial charge in [-0.1, -0.05) is 24.3 Å². The Labute approximate surface area is 151 Å². The number of benzene rings is 1. The molecule has 0 heterocycles. The molecule has 1 fully saturated rings. The van der Waals surface area contributed by atoms with Gasteiger partial charge in [0.05, 0.1) is 0 Å². The molecule has 1 aromatic carbocycles. The molecular formula is C17H28IN3O. The minimum Gasteiger partial charge on any atom is -0.381 e. The van der Waals surface area contributed by atoms with Crippen molar-refractivity contribution in [1.29, 1.82) is 0 Å². The molecule has 4 nitrogen and oxygen atoms in total. The minimum atomic E-state index is 0. The van der Waals surface area contributed by atoms with E-state index in [9.17, 15) is 0 Å². The summed E-state index contributed by atoms with van der Waals surface area (Å²) in [6.45, 7) is 5.59. The van der Waals surface area contributed by atoms with Crippen molar-refractivity contribution in [2.75, 3.05) is 26.8 Å². The molecule has 0 atom stereocenters. The highest BCUT2D eigenvalue weighted by molar-refractivity contribution is 14.0. The van der Waals surface area contributed by atoms with Crippen molar-refractivity contribution in [3.05, 3.63) is 35.4 Å². The van der Waals surface area contributed by atoms with Crippen LogP contribution in [0.4, 0.5) is 0 Å². The number of nitrogens with one attached hydrogen (secondary N) is 2. The predicted molar refractivity (Wildman–Crippen MR) is 103 cm³/mol. The highest BCUT2D eigenvalue weighted by Gasteiger charge is 2.20. The zero-order valence-electron chi connectivity index (χ0n) is 13.6. The van der Waals surface area contributed by atoms with Crippen molar-refractivity contribution < 1.29 is 4.74 Å². The molecule has 22 heavy (non-hydrogen) atoms. The Hall–Kier alpha value is -0.820. The van der Waals surface area contributed by atoms with E-state index in [2.05, 4.69) is 46.8 Å². The van der Waals surface area contributed by atoms with E-state index in [1.54, 1.807) is 7.05 Å². The van der Waals surface area contributed by atoms with Crippen LogP contribution in [0.5, 0.6) is 0 Å². The molecule has 0 aliphatic heterocycles. The van der Waals surface area contributed by atoms with Gasteiger partial charge in [-0.25, -0.2) is 0 Å². The summed E-state index contributed by atoms with van der Waals surface area (Å²) in [6, 6.07) is 8.40. The fourth-order valence-electron chi connectivity index (χ4n) is 2.12. The van der Waals surface area contributed by atoms with E-state index >= 15 is 0 Å². The predicted octanol–water partition coefficient (Wildman–Crippen LogP) is 3.09. The SMILES string of the molecule is CN=C(NCCCOCC1CC1)NCc1ccccc1C.I. The first-order chi connectivity index (χ1) is 10.3. The van der Waals surface area contributed by atoms with Crippen LogP contribution in [0, 0.1) is 12.8 Å². The summed E-state index contributed by atoms with van der Waals surface area (Å²) in [5.74, 6) is 1.70. The molecule has 0 saturated heterocycles. The fourth-order valence-corrected chi connectivity index (χ4v) is 2.12. The summed E-state index contributed by atoms with van der Waals surface area (Å²) in [5, 5.41) is 6.67. The molecule has 0 radical (unpaired) electrons. The second-order valence-electron chi connectivity index (χ2n) is 5.65. The summed E-state index contributed by atoms with van der Waals surface area (Å²) >= 11 is 0. The van der Waals surface area contributed by atoms with Gasteiger partial charge in [-0.15, -0.1) is 24.0 Å². The van der Waals surface area contributed by atoms with Crippen molar-refractivity contribution in [2.45, 2.75) is 32.7 Å². The molecule has 5 heteroatoms. The molecule has 1 aliphatic rings. The lowest BCUT2D eigenvalue weighted by Gasteiger charge is -2.13. The number of halogens is 1. The topological polar surface area (TPSA) is 45.7 Å². The van der Waals surface area contributed by atoms with Crippen LogP contribution in [0.3, 0.4) is 0 Å². The van der Waals surface area contributed by atoms with Gasteiger partial charge in [-0.05, 0) is 43.2 Å². The molecule has 0 amide bonds. The third kappa shape index (κ3) is 7.45. The molecule has 0 unspecified atom stereocenters. The van der Waals surface area contributed by atoms with Crippen molar-refractivity contribution in [2.24, 2.45) is 10.9 Å². The lowest BCUT2D eigenvalue weighted by molar-refractivity contribution is 0.123. The van der Waals surface area contributed by atoms with Gasteiger partial charge < -0.3 is 15.4 Å². The van der Waals surface area contributed by atoms with E-state index in [1.807, 2.05) is 0 Å². The molecular weight excluding hydrogens is 389 g/mol. The third-order valence-corrected chi connectivity index (χ3v) is 3.74. The standard InChI is InChI=1S/C17H27N3O.HI/c1-14-6-3-4-7-16(14)12-20-17(18-2)19-10-5-11-21-13-15-8-9-15;/h3-4,6-7,15H,5,8-13H2,1-2H3,(H2,18,19,20);1H. The van der Waals surface area contributed by atoms with Crippen LogP contribution in [0.15, 0.2) is 29.3 Å². The van der Waals surface area contributed by atoms with E-state index in [4.69, 9.17) is 4.74 Å². The van der Waals surface area contributed by atoms with Crippen molar-refractivity contribution in [3.63, 3.8) is 0 Å². The number of rotatable bonds is 8. The highest BCUT2D eigenvalue weighted by atomic mass is 127. The molecule has 2 rings (SSSR count). The van der Waals surface area contributed by atoms with Gasteiger partial charge in [0.25, 0.3) is 0 Å². The fraction of sp³-hybridized carbons (Fsp3) is 0.588. The van der Waals surface area contributed by atoms with E-state index < -0.39 is 0 Å². The minimum absolute atomic E-state index is 0. The monoisotopic (exact) mass is 417 g/mol. The van der Waals surface area contributed by atoms with Crippen LogP contribution in [-0.4, -0.2) is 32.8 Å².